The van der Waals surface area contributed by atoms with E-state index in [2.05, 4.69) is 10.3 Å². The highest BCUT2D eigenvalue weighted by Crippen LogP contribution is 1.96. The topological polar surface area (TPSA) is 87.1 Å². The van der Waals surface area contributed by atoms with Gasteiger partial charge >= 0.3 is 5.69 Å². The highest BCUT2D eigenvalue weighted by molar-refractivity contribution is 6.30. The van der Waals surface area contributed by atoms with Crippen LogP contribution in [0, 0.1) is 0 Å². The summed E-state index contributed by atoms with van der Waals surface area (Å²) in [6.07, 6.45) is 1.49. The van der Waals surface area contributed by atoms with Gasteiger partial charge in [-0.2, -0.15) is 0 Å². The van der Waals surface area contributed by atoms with Gasteiger partial charge in [-0.25, -0.2) is 4.79 Å². The number of nitrogens with zero attached hydrogens (tertiary/aromatic N) is 1. The van der Waals surface area contributed by atoms with Crippen LogP contribution in [-0.4, -0.2) is 33.9 Å². The van der Waals surface area contributed by atoms with Crippen molar-refractivity contribution in [2.75, 3.05) is 13.1 Å². The summed E-state index contributed by atoms with van der Waals surface area (Å²) in [5.41, 5.74) is -1.19. The van der Waals surface area contributed by atoms with Crippen LogP contribution in [0.4, 0.5) is 0 Å². The number of hydrogen-bond acceptors (Lipinski definition) is 4. The largest absolute Gasteiger partial charge is 0.390 e. The van der Waals surface area contributed by atoms with Crippen LogP contribution >= 0.6 is 11.6 Å². The molecule has 0 spiro atoms. The quantitative estimate of drug-likeness (QED) is 0.606. The van der Waals surface area contributed by atoms with E-state index in [1.165, 1.54) is 10.8 Å². The Labute approximate surface area is 103 Å². The van der Waals surface area contributed by atoms with E-state index in [0.29, 0.717) is 6.54 Å². The van der Waals surface area contributed by atoms with Crippen molar-refractivity contribution >= 4 is 11.6 Å². The molecule has 0 saturated heterocycles. The number of halogens is 1. The second kappa shape index (κ2) is 6.58. The van der Waals surface area contributed by atoms with Crippen LogP contribution < -0.4 is 16.6 Å². The average molecular weight is 262 g/mol. The van der Waals surface area contributed by atoms with Gasteiger partial charge in [-0.15, -0.1) is 0 Å². The Hall–Kier alpha value is -1.11. The number of aromatic amines is 1. The van der Waals surface area contributed by atoms with E-state index in [1.807, 2.05) is 6.92 Å². The molecular weight excluding hydrogens is 246 g/mol. The van der Waals surface area contributed by atoms with Crippen molar-refractivity contribution in [2.45, 2.75) is 26.0 Å². The normalized spacial score (nSPS) is 12.6. The van der Waals surface area contributed by atoms with Gasteiger partial charge in [0.2, 0.25) is 0 Å². The van der Waals surface area contributed by atoms with E-state index >= 15 is 0 Å². The minimum atomic E-state index is -0.707. The number of aliphatic hydroxyl groups excluding tert-OH is 1. The molecule has 1 heterocycles. The molecule has 0 radical (unpaired) electrons. The minimum Gasteiger partial charge on any atom is -0.390 e. The zero-order valence-corrected chi connectivity index (χ0v) is 10.3. The highest BCUT2D eigenvalue weighted by Gasteiger charge is 2.08. The average Bonchev–Trinajstić information content (AvgIpc) is 2.26. The van der Waals surface area contributed by atoms with Crippen LogP contribution in [0.5, 0.6) is 0 Å². The summed E-state index contributed by atoms with van der Waals surface area (Å²) in [5.74, 6) is 0. The van der Waals surface area contributed by atoms with Crippen LogP contribution in [0.3, 0.4) is 0 Å². The third kappa shape index (κ3) is 4.33. The zero-order valence-electron chi connectivity index (χ0n) is 9.57. The minimum absolute atomic E-state index is 0.0710. The molecule has 1 aromatic heterocycles. The number of H-pyrrole nitrogens is 1. The fourth-order valence-corrected chi connectivity index (χ4v) is 1.52. The van der Waals surface area contributed by atoms with Crippen molar-refractivity contribution in [2.24, 2.45) is 0 Å². The lowest BCUT2D eigenvalue weighted by molar-refractivity contribution is 0.150. The molecular formula is C10H16ClN3O3. The van der Waals surface area contributed by atoms with E-state index in [0.717, 1.165) is 13.0 Å². The molecule has 0 aliphatic rings. The molecule has 1 aromatic rings. The molecule has 0 amide bonds. The van der Waals surface area contributed by atoms with E-state index < -0.39 is 17.4 Å². The van der Waals surface area contributed by atoms with E-state index in [4.69, 9.17) is 11.6 Å². The first kappa shape index (κ1) is 14.0. The molecule has 0 bridgehead atoms. The van der Waals surface area contributed by atoms with Crippen LogP contribution in [-0.2, 0) is 6.54 Å². The first-order chi connectivity index (χ1) is 8.04. The molecule has 1 unspecified atom stereocenters. The Bertz CT molecular complexity index is 469. The van der Waals surface area contributed by atoms with Crippen molar-refractivity contribution in [3.05, 3.63) is 32.1 Å². The Morgan fingerprint density at radius 1 is 1.59 bits per heavy atom. The molecule has 96 valence electrons. The fourth-order valence-electron chi connectivity index (χ4n) is 1.36. The molecule has 0 aliphatic heterocycles. The first-order valence-electron chi connectivity index (χ1n) is 5.42. The van der Waals surface area contributed by atoms with Gasteiger partial charge in [0.1, 0.15) is 5.02 Å². The lowest BCUT2D eigenvalue weighted by Crippen LogP contribution is -2.37. The van der Waals surface area contributed by atoms with Crippen molar-refractivity contribution < 1.29 is 5.11 Å². The number of nitrogens with one attached hydrogen (secondary N) is 2. The summed E-state index contributed by atoms with van der Waals surface area (Å²) >= 11 is 5.60. The Balaban J connectivity index is 2.65. The van der Waals surface area contributed by atoms with Gasteiger partial charge in [0, 0.05) is 12.7 Å². The van der Waals surface area contributed by atoms with Gasteiger partial charge in [-0.1, -0.05) is 18.5 Å². The summed E-state index contributed by atoms with van der Waals surface area (Å²) in [4.78, 5) is 24.5. The van der Waals surface area contributed by atoms with Gasteiger partial charge in [0.25, 0.3) is 5.56 Å². The van der Waals surface area contributed by atoms with Gasteiger partial charge in [0.15, 0.2) is 0 Å². The highest BCUT2D eigenvalue weighted by atomic mass is 35.5. The fraction of sp³-hybridized carbons (Fsp3) is 0.600. The summed E-state index contributed by atoms with van der Waals surface area (Å²) < 4.78 is 1.18. The monoisotopic (exact) mass is 261 g/mol. The van der Waals surface area contributed by atoms with Crippen molar-refractivity contribution in [3.8, 4) is 0 Å². The molecule has 17 heavy (non-hydrogen) atoms. The number of aromatic nitrogens is 2. The molecule has 1 rings (SSSR count). The van der Waals surface area contributed by atoms with Gasteiger partial charge in [-0.05, 0) is 13.0 Å². The number of hydrogen-bond donors (Lipinski definition) is 3. The standard InChI is InChI=1S/C10H16ClN3O3/c1-2-3-12-4-7(15)5-14-6-8(11)9(16)13-10(14)17/h6-7,12,15H,2-5H2,1H3,(H,13,16,17). The Kier molecular flexibility index (Phi) is 5.40. The van der Waals surface area contributed by atoms with Crippen molar-refractivity contribution in [1.29, 1.82) is 0 Å². The molecule has 6 nitrogen and oxygen atoms in total. The second-order valence-corrected chi connectivity index (χ2v) is 4.15. The molecule has 0 fully saturated rings. The maximum absolute atomic E-state index is 11.4. The second-order valence-electron chi connectivity index (χ2n) is 3.75. The Morgan fingerprint density at radius 3 is 2.94 bits per heavy atom. The van der Waals surface area contributed by atoms with E-state index in [-0.39, 0.29) is 11.6 Å². The summed E-state index contributed by atoms with van der Waals surface area (Å²) in [6.45, 7) is 3.30. The predicted molar refractivity (Wildman–Crippen MR) is 65.5 cm³/mol. The van der Waals surface area contributed by atoms with Crippen LogP contribution in [0.1, 0.15) is 13.3 Å². The number of rotatable bonds is 6. The molecule has 0 saturated carbocycles. The SMILES string of the molecule is CCCNCC(O)Cn1cc(Cl)c(=O)[nH]c1=O. The third-order valence-electron chi connectivity index (χ3n) is 2.18. The smallest absolute Gasteiger partial charge is 0.328 e. The van der Waals surface area contributed by atoms with Crippen LogP contribution in [0.15, 0.2) is 15.8 Å². The van der Waals surface area contributed by atoms with Crippen molar-refractivity contribution in [3.63, 3.8) is 0 Å². The predicted octanol–water partition coefficient (Wildman–Crippen LogP) is -0.450. The lowest BCUT2D eigenvalue weighted by atomic mass is 10.3. The summed E-state index contributed by atoms with van der Waals surface area (Å²) in [6, 6.07) is 0. The molecule has 1 atom stereocenters. The molecule has 7 heteroatoms. The van der Waals surface area contributed by atoms with Crippen LogP contribution in [0.25, 0.3) is 0 Å². The third-order valence-corrected chi connectivity index (χ3v) is 2.45. The molecule has 3 N–H and O–H groups in total. The maximum Gasteiger partial charge on any atom is 0.328 e. The van der Waals surface area contributed by atoms with Crippen molar-refractivity contribution in [1.82, 2.24) is 14.9 Å². The zero-order chi connectivity index (χ0) is 12.8. The summed E-state index contributed by atoms with van der Waals surface area (Å²) in [5, 5.41) is 12.6. The van der Waals surface area contributed by atoms with Crippen LogP contribution in [0.2, 0.25) is 5.02 Å². The molecule has 0 aromatic carbocycles. The summed E-state index contributed by atoms with van der Waals surface area (Å²) in [7, 11) is 0. The lowest BCUT2D eigenvalue weighted by Gasteiger charge is -2.12. The molecule has 0 aliphatic carbocycles. The van der Waals surface area contributed by atoms with Gasteiger partial charge in [-0.3, -0.25) is 14.3 Å². The van der Waals surface area contributed by atoms with Gasteiger partial charge in [0.05, 0.1) is 12.6 Å². The van der Waals surface area contributed by atoms with E-state index in [9.17, 15) is 14.7 Å². The van der Waals surface area contributed by atoms with E-state index in [1.54, 1.807) is 0 Å². The van der Waals surface area contributed by atoms with Gasteiger partial charge < -0.3 is 10.4 Å². The maximum atomic E-state index is 11.4. The number of aliphatic hydroxyl groups is 1. The first-order valence-corrected chi connectivity index (χ1v) is 5.80. The Morgan fingerprint density at radius 2 is 2.29 bits per heavy atom.